The van der Waals surface area contributed by atoms with Crippen LogP contribution in [0.4, 0.5) is 10.1 Å². The number of nitrogens with one attached hydrogen (secondary N) is 1. The van der Waals surface area contributed by atoms with E-state index >= 15 is 0 Å². The van der Waals surface area contributed by atoms with Gasteiger partial charge in [0, 0.05) is 36.6 Å². The quantitative estimate of drug-likeness (QED) is 0.745. The third-order valence-electron chi connectivity index (χ3n) is 5.44. The van der Waals surface area contributed by atoms with E-state index in [0.717, 1.165) is 25.7 Å². The molecule has 0 atom stereocenters. The summed E-state index contributed by atoms with van der Waals surface area (Å²) in [6.45, 7) is 2.47. The number of rotatable bonds is 4. The number of halogens is 1. The Kier molecular flexibility index (Phi) is 4.98. The van der Waals surface area contributed by atoms with Crippen LogP contribution in [-0.4, -0.2) is 26.1 Å². The molecule has 0 unspecified atom stereocenters. The Morgan fingerprint density at radius 3 is 2.75 bits per heavy atom. The predicted molar refractivity (Wildman–Crippen MR) is 106 cm³/mol. The molecule has 1 saturated carbocycles. The zero-order valence-electron chi connectivity index (χ0n) is 15.8. The summed E-state index contributed by atoms with van der Waals surface area (Å²) in [7, 11) is 0. The number of anilines is 1. The number of carbonyl (C=O) groups is 1. The number of fused-ring (bicyclic) bond motifs is 1. The Hall–Kier alpha value is -2.96. The number of carbonyl (C=O) groups excluding carboxylic acids is 1. The fourth-order valence-electron chi connectivity index (χ4n) is 3.92. The average Bonchev–Trinajstić information content (AvgIpc) is 3.25. The number of nitrogens with zero attached hydrogens (tertiary/aromatic N) is 3. The molecule has 146 valence electrons. The molecule has 1 aromatic carbocycles. The second-order valence-electron chi connectivity index (χ2n) is 7.26. The van der Waals surface area contributed by atoms with Gasteiger partial charge < -0.3 is 9.88 Å². The van der Waals surface area contributed by atoms with Crippen molar-refractivity contribution in [1.82, 2.24) is 14.1 Å². The first-order valence-electron chi connectivity index (χ1n) is 9.74. The molecule has 0 saturated heterocycles. The first-order chi connectivity index (χ1) is 13.6. The van der Waals surface area contributed by atoms with E-state index in [1.54, 1.807) is 12.3 Å². The zero-order valence-corrected chi connectivity index (χ0v) is 15.8. The van der Waals surface area contributed by atoms with Crippen molar-refractivity contribution in [2.24, 2.45) is 0 Å². The summed E-state index contributed by atoms with van der Waals surface area (Å²) in [6, 6.07) is 3.19. The summed E-state index contributed by atoms with van der Waals surface area (Å²) >= 11 is 0. The van der Waals surface area contributed by atoms with Crippen LogP contribution < -0.4 is 10.7 Å². The number of imidazole rings is 1. The number of benzene rings is 1. The molecule has 0 bridgehead atoms. The molecule has 0 amide bonds. The maximum atomic E-state index is 14.8. The maximum Gasteiger partial charge on any atom is 0.268 e. The van der Waals surface area contributed by atoms with Crippen molar-refractivity contribution < 1.29 is 9.18 Å². The Balaban J connectivity index is 1.80. The van der Waals surface area contributed by atoms with Gasteiger partial charge in [-0.25, -0.2) is 9.37 Å². The third kappa shape index (κ3) is 3.32. The lowest BCUT2D eigenvalue weighted by atomic mass is 9.95. The number of aryl methyl sites for hydroxylation is 1. The van der Waals surface area contributed by atoms with E-state index in [1.807, 2.05) is 11.5 Å². The van der Waals surface area contributed by atoms with Crippen LogP contribution in [0.2, 0.25) is 0 Å². The van der Waals surface area contributed by atoms with Gasteiger partial charge in [0.15, 0.2) is 0 Å². The van der Waals surface area contributed by atoms with Gasteiger partial charge in [-0.15, -0.1) is 0 Å². The lowest BCUT2D eigenvalue weighted by Crippen LogP contribution is -2.24. The summed E-state index contributed by atoms with van der Waals surface area (Å²) < 4.78 is 17.8. The smallest absolute Gasteiger partial charge is 0.268 e. The highest BCUT2D eigenvalue weighted by Crippen LogP contribution is 2.26. The summed E-state index contributed by atoms with van der Waals surface area (Å²) in [4.78, 5) is 29.4. The molecule has 28 heavy (non-hydrogen) atoms. The molecule has 1 aliphatic carbocycles. The molecule has 2 aromatic heterocycles. The minimum Gasteiger partial charge on any atom is -0.380 e. The second-order valence-corrected chi connectivity index (χ2v) is 7.26. The highest BCUT2D eigenvalue weighted by atomic mass is 19.1. The van der Waals surface area contributed by atoms with Crippen molar-refractivity contribution in [2.45, 2.75) is 51.6 Å². The molecule has 0 aliphatic heterocycles. The van der Waals surface area contributed by atoms with Crippen LogP contribution in [0.5, 0.6) is 0 Å². The third-order valence-corrected chi connectivity index (χ3v) is 5.44. The SMILES string of the molecule is CCn1cc(C(=O)n2ccnc2)c(=O)c2cc(F)c(NC3CCCCC3)cc21. The molecule has 0 radical (unpaired) electrons. The predicted octanol–water partition coefficient (Wildman–Crippen LogP) is 3.79. The molecular formula is C21H23FN4O2. The Labute approximate surface area is 162 Å². The zero-order chi connectivity index (χ0) is 19.7. The van der Waals surface area contributed by atoms with Crippen LogP contribution in [0, 0.1) is 5.82 Å². The summed E-state index contributed by atoms with van der Waals surface area (Å²) in [5, 5.41) is 3.51. The van der Waals surface area contributed by atoms with Crippen molar-refractivity contribution in [2.75, 3.05) is 5.32 Å². The van der Waals surface area contributed by atoms with Crippen LogP contribution in [-0.2, 0) is 6.54 Å². The first kappa shape index (κ1) is 18.4. The highest BCUT2D eigenvalue weighted by Gasteiger charge is 2.20. The van der Waals surface area contributed by atoms with Crippen molar-refractivity contribution in [3.05, 3.63) is 58.7 Å². The van der Waals surface area contributed by atoms with E-state index in [1.165, 1.54) is 35.8 Å². The van der Waals surface area contributed by atoms with Gasteiger partial charge in [0.1, 0.15) is 17.7 Å². The van der Waals surface area contributed by atoms with E-state index in [9.17, 15) is 14.0 Å². The molecule has 4 rings (SSSR count). The Morgan fingerprint density at radius 1 is 1.29 bits per heavy atom. The molecule has 2 heterocycles. The van der Waals surface area contributed by atoms with Crippen LogP contribution in [0.25, 0.3) is 10.9 Å². The number of hydrogen-bond donors (Lipinski definition) is 1. The van der Waals surface area contributed by atoms with Crippen LogP contribution >= 0.6 is 0 Å². The minimum absolute atomic E-state index is 0.000241. The molecule has 1 N–H and O–H groups in total. The molecule has 7 heteroatoms. The number of pyridine rings is 1. The number of hydrogen-bond acceptors (Lipinski definition) is 4. The topological polar surface area (TPSA) is 68.9 Å². The Morgan fingerprint density at radius 2 is 2.07 bits per heavy atom. The Bertz CT molecular complexity index is 1070. The van der Waals surface area contributed by atoms with E-state index in [4.69, 9.17) is 0 Å². The fraction of sp³-hybridized carbons (Fsp3) is 0.381. The first-order valence-corrected chi connectivity index (χ1v) is 9.74. The highest BCUT2D eigenvalue weighted by molar-refractivity contribution is 5.99. The molecule has 1 fully saturated rings. The maximum absolute atomic E-state index is 14.8. The largest absolute Gasteiger partial charge is 0.380 e. The van der Waals surface area contributed by atoms with Gasteiger partial charge in [-0.3, -0.25) is 14.2 Å². The lowest BCUT2D eigenvalue weighted by Gasteiger charge is -2.24. The lowest BCUT2D eigenvalue weighted by molar-refractivity contribution is 0.0958. The van der Waals surface area contributed by atoms with Crippen molar-refractivity contribution in [3.63, 3.8) is 0 Å². The van der Waals surface area contributed by atoms with E-state index in [-0.39, 0.29) is 17.0 Å². The van der Waals surface area contributed by atoms with E-state index in [2.05, 4.69) is 10.3 Å². The van der Waals surface area contributed by atoms with Gasteiger partial charge >= 0.3 is 0 Å². The van der Waals surface area contributed by atoms with Crippen LogP contribution in [0.1, 0.15) is 49.4 Å². The molecule has 1 aliphatic rings. The minimum atomic E-state index is -0.476. The monoisotopic (exact) mass is 382 g/mol. The van der Waals surface area contributed by atoms with Gasteiger partial charge in [-0.05, 0) is 31.9 Å². The molecule has 0 spiro atoms. The molecule has 6 nitrogen and oxygen atoms in total. The average molecular weight is 382 g/mol. The fourth-order valence-corrected chi connectivity index (χ4v) is 3.92. The molecular weight excluding hydrogens is 359 g/mol. The second kappa shape index (κ2) is 7.58. The van der Waals surface area contributed by atoms with Gasteiger partial charge in [-0.2, -0.15) is 0 Å². The van der Waals surface area contributed by atoms with Crippen molar-refractivity contribution in [3.8, 4) is 0 Å². The van der Waals surface area contributed by atoms with Crippen LogP contribution in [0.3, 0.4) is 0 Å². The molecule has 3 aromatic rings. The van der Waals surface area contributed by atoms with Crippen molar-refractivity contribution in [1.29, 1.82) is 0 Å². The van der Waals surface area contributed by atoms with Gasteiger partial charge in [0.05, 0.1) is 11.2 Å². The van der Waals surface area contributed by atoms with Crippen molar-refractivity contribution >= 4 is 22.5 Å². The summed E-state index contributed by atoms with van der Waals surface area (Å²) in [5.74, 6) is -0.943. The number of aromatic nitrogens is 3. The standard InChI is InChI=1S/C21H23FN4O2/c1-2-25-12-16(21(28)26-9-8-23-13-26)20(27)15-10-17(22)18(11-19(15)25)24-14-6-4-3-5-7-14/h8-14,24H,2-7H2,1H3. The van der Waals surface area contributed by atoms with E-state index in [0.29, 0.717) is 17.7 Å². The van der Waals surface area contributed by atoms with Gasteiger partial charge in [-0.1, -0.05) is 19.3 Å². The van der Waals surface area contributed by atoms with Gasteiger partial charge in [0.2, 0.25) is 5.43 Å². The summed E-state index contributed by atoms with van der Waals surface area (Å²) in [5.41, 5.74) is 0.560. The van der Waals surface area contributed by atoms with E-state index < -0.39 is 17.2 Å². The summed E-state index contributed by atoms with van der Waals surface area (Å²) in [6.07, 6.45) is 11.4. The van der Waals surface area contributed by atoms with Crippen LogP contribution in [0.15, 0.2) is 41.8 Å². The normalized spacial score (nSPS) is 15.1. The van der Waals surface area contributed by atoms with Gasteiger partial charge in [0.25, 0.3) is 5.91 Å².